The van der Waals surface area contributed by atoms with Gasteiger partial charge in [0.1, 0.15) is 10.0 Å². The molecular weight excluding hydrogens is 375 g/mol. The highest BCUT2D eigenvalue weighted by Gasteiger charge is 2.33. The number of aryl methyl sites for hydroxylation is 1. The second kappa shape index (κ2) is 7.85. The van der Waals surface area contributed by atoms with Gasteiger partial charge in [-0.25, -0.2) is 12.8 Å². The van der Waals surface area contributed by atoms with Crippen LogP contribution in [0.3, 0.4) is 0 Å². The molecular formula is C18H21FN2O3S2. The second-order valence-electron chi connectivity index (χ2n) is 6.22. The number of nitrogens with one attached hydrogen (secondary N) is 1. The number of thiophene rings is 1. The van der Waals surface area contributed by atoms with Gasteiger partial charge >= 0.3 is 0 Å². The quantitative estimate of drug-likeness (QED) is 0.841. The lowest BCUT2D eigenvalue weighted by Crippen LogP contribution is -2.41. The Morgan fingerprint density at radius 3 is 2.54 bits per heavy atom. The number of halogens is 1. The van der Waals surface area contributed by atoms with Crippen LogP contribution in [0.2, 0.25) is 0 Å². The molecule has 0 aliphatic carbocycles. The summed E-state index contributed by atoms with van der Waals surface area (Å²) in [6.45, 7) is 2.57. The summed E-state index contributed by atoms with van der Waals surface area (Å²) in [7, 11) is -3.51. The van der Waals surface area contributed by atoms with Crippen molar-refractivity contribution < 1.29 is 17.6 Å². The van der Waals surface area contributed by atoms with Crippen LogP contribution in [-0.2, 0) is 21.2 Å². The van der Waals surface area contributed by atoms with Crippen LogP contribution in [0.5, 0.6) is 0 Å². The summed E-state index contributed by atoms with van der Waals surface area (Å²) >= 11 is 1.29. The van der Waals surface area contributed by atoms with Gasteiger partial charge in [0.15, 0.2) is 0 Å². The molecule has 1 N–H and O–H groups in total. The van der Waals surface area contributed by atoms with Crippen LogP contribution >= 0.6 is 11.3 Å². The van der Waals surface area contributed by atoms with Crippen molar-refractivity contribution in [2.45, 2.75) is 30.4 Å². The molecule has 1 aliphatic heterocycles. The number of hydrogen-bond acceptors (Lipinski definition) is 4. The molecule has 8 heteroatoms. The van der Waals surface area contributed by atoms with Gasteiger partial charge in [0.25, 0.3) is 10.0 Å². The molecule has 0 atom stereocenters. The highest BCUT2D eigenvalue weighted by molar-refractivity contribution is 7.91. The van der Waals surface area contributed by atoms with E-state index in [0.717, 1.165) is 11.3 Å². The van der Waals surface area contributed by atoms with Crippen molar-refractivity contribution in [3.8, 4) is 0 Å². The van der Waals surface area contributed by atoms with E-state index in [0.29, 0.717) is 17.1 Å². The zero-order chi connectivity index (χ0) is 18.7. The fourth-order valence-electron chi connectivity index (χ4n) is 2.97. The Hall–Kier alpha value is -1.77. The minimum Gasteiger partial charge on any atom is -0.323 e. The first-order valence-electron chi connectivity index (χ1n) is 8.56. The highest BCUT2D eigenvalue weighted by atomic mass is 32.2. The number of carbonyl (C=O) groups is 1. The minimum absolute atomic E-state index is 0.151. The van der Waals surface area contributed by atoms with Crippen LogP contribution in [-0.4, -0.2) is 31.7 Å². The molecule has 1 saturated heterocycles. The molecule has 1 aromatic heterocycles. The molecule has 1 fully saturated rings. The maximum absolute atomic E-state index is 13.7. The first-order chi connectivity index (χ1) is 12.4. The topological polar surface area (TPSA) is 66.5 Å². The number of carbonyl (C=O) groups excluding carboxylic acids is 1. The first kappa shape index (κ1) is 19.0. The average molecular weight is 397 g/mol. The van der Waals surface area contributed by atoms with Gasteiger partial charge in [-0.15, -0.1) is 11.3 Å². The normalized spacial score (nSPS) is 16.5. The molecule has 26 heavy (non-hydrogen) atoms. The van der Waals surface area contributed by atoms with Crippen LogP contribution in [0.15, 0.2) is 40.6 Å². The predicted molar refractivity (Wildman–Crippen MR) is 100 cm³/mol. The summed E-state index contributed by atoms with van der Waals surface area (Å²) in [5.41, 5.74) is 0.151. The summed E-state index contributed by atoms with van der Waals surface area (Å²) in [6, 6.07) is 9.50. The number of piperidine rings is 1. The third-order valence-electron chi connectivity index (χ3n) is 4.54. The molecule has 1 aliphatic rings. The number of amides is 1. The Balaban J connectivity index is 1.61. The number of para-hydroxylation sites is 1. The van der Waals surface area contributed by atoms with E-state index in [1.165, 1.54) is 27.8 Å². The van der Waals surface area contributed by atoms with Crippen LogP contribution in [0.25, 0.3) is 0 Å². The van der Waals surface area contributed by atoms with Crippen molar-refractivity contribution in [1.82, 2.24) is 4.31 Å². The van der Waals surface area contributed by atoms with Crippen molar-refractivity contribution in [3.05, 3.63) is 47.1 Å². The minimum atomic E-state index is -3.51. The van der Waals surface area contributed by atoms with Gasteiger partial charge in [0.05, 0.1) is 5.69 Å². The molecule has 0 saturated carbocycles. The van der Waals surface area contributed by atoms with E-state index in [2.05, 4.69) is 5.32 Å². The number of benzene rings is 1. The Bertz CT molecular complexity index is 887. The van der Waals surface area contributed by atoms with E-state index >= 15 is 0 Å². The van der Waals surface area contributed by atoms with E-state index < -0.39 is 15.8 Å². The highest BCUT2D eigenvalue weighted by Crippen LogP contribution is 2.29. The van der Waals surface area contributed by atoms with Gasteiger partial charge < -0.3 is 5.32 Å². The monoisotopic (exact) mass is 396 g/mol. The Kier molecular flexibility index (Phi) is 5.74. The van der Waals surface area contributed by atoms with Crippen LogP contribution < -0.4 is 5.32 Å². The summed E-state index contributed by atoms with van der Waals surface area (Å²) < 4.78 is 40.9. The molecule has 0 unspecified atom stereocenters. The number of rotatable bonds is 5. The second-order valence-corrected chi connectivity index (χ2v) is 9.55. The number of hydrogen-bond donors (Lipinski definition) is 1. The molecule has 3 rings (SSSR count). The van der Waals surface area contributed by atoms with Gasteiger partial charge in [-0.3, -0.25) is 4.79 Å². The van der Waals surface area contributed by atoms with Gasteiger partial charge in [0.2, 0.25) is 5.91 Å². The van der Waals surface area contributed by atoms with Gasteiger partial charge in [-0.1, -0.05) is 19.1 Å². The van der Waals surface area contributed by atoms with Gasteiger partial charge in [-0.05, 0) is 43.5 Å². The van der Waals surface area contributed by atoms with Crippen LogP contribution in [0.4, 0.5) is 10.1 Å². The standard InChI is InChI=1S/C18H21FN2O3S2/c1-2-14-7-8-17(25-14)26(23,24)21-11-9-13(10-12-21)18(22)20-16-6-4-3-5-15(16)19/h3-8,13H,2,9-12H2,1H3,(H,20,22). The Morgan fingerprint density at radius 2 is 1.92 bits per heavy atom. The van der Waals surface area contributed by atoms with Crippen molar-refractivity contribution in [3.63, 3.8) is 0 Å². The fraction of sp³-hybridized carbons (Fsp3) is 0.389. The van der Waals surface area contributed by atoms with E-state index in [1.807, 2.05) is 13.0 Å². The molecule has 2 heterocycles. The zero-order valence-electron chi connectivity index (χ0n) is 14.4. The van der Waals surface area contributed by atoms with E-state index in [4.69, 9.17) is 0 Å². The lowest BCUT2D eigenvalue weighted by Gasteiger charge is -2.30. The largest absolute Gasteiger partial charge is 0.323 e. The van der Waals surface area contributed by atoms with E-state index in [9.17, 15) is 17.6 Å². The SMILES string of the molecule is CCc1ccc(S(=O)(=O)N2CCC(C(=O)Nc3ccccc3F)CC2)s1. The molecule has 140 valence electrons. The number of sulfonamides is 1. The fourth-order valence-corrected chi connectivity index (χ4v) is 5.89. The van der Waals surface area contributed by atoms with Crippen molar-refractivity contribution in [2.24, 2.45) is 5.92 Å². The molecule has 2 aromatic rings. The maximum atomic E-state index is 13.7. The van der Waals surface area contributed by atoms with E-state index in [1.54, 1.807) is 18.2 Å². The molecule has 0 spiro atoms. The predicted octanol–water partition coefficient (Wildman–Crippen LogP) is 3.49. The zero-order valence-corrected chi connectivity index (χ0v) is 16.1. The van der Waals surface area contributed by atoms with Gasteiger partial charge in [-0.2, -0.15) is 4.31 Å². The van der Waals surface area contributed by atoms with E-state index in [-0.39, 0.29) is 30.6 Å². The van der Waals surface area contributed by atoms with Crippen molar-refractivity contribution >= 4 is 33.0 Å². The van der Waals surface area contributed by atoms with Crippen LogP contribution in [0.1, 0.15) is 24.6 Å². The Morgan fingerprint density at radius 1 is 1.23 bits per heavy atom. The summed E-state index contributed by atoms with van der Waals surface area (Å²) in [4.78, 5) is 13.4. The first-order valence-corrected chi connectivity index (χ1v) is 10.8. The number of anilines is 1. The number of nitrogens with zero attached hydrogens (tertiary/aromatic N) is 1. The Labute approximate surface area is 156 Å². The van der Waals surface area contributed by atoms with Gasteiger partial charge in [0, 0.05) is 23.9 Å². The summed E-state index contributed by atoms with van der Waals surface area (Å²) in [5, 5.41) is 2.60. The lowest BCUT2D eigenvalue weighted by molar-refractivity contribution is -0.120. The summed E-state index contributed by atoms with van der Waals surface area (Å²) in [5.74, 6) is -1.07. The van der Waals surface area contributed by atoms with Crippen molar-refractivity contribution in [1.29, 1.82) is 0 Å². The summed E-state index contributed by atoms with van der Waals surface area (Å²) in [6.07, 6.45) is 1.65. The molecule has 1 aromatic carbocycles. The molecule has 5 nitrogen and oxygen atoms in total. The smallest absolute Gasteiger partial charge is 0.252 e. The third-order valence-corrected chi connectivity index (χ3v) is 8.13. The van der Waals surface area contributed by atoms with Crippen LogP contribution in [0, 0.1) is 11.7 Å². The maximum Gasteiger partial charge on any atom is 0.252 e. The molecule has 0 radical (unpaired) electrons. The molecule has 0 bridgehead atoms. The molecule has 1 amide bonds. The average Bonchev–Trinajstić information content (AvgIpc) is 3.14. The lowest BCUT2D eigenvalue weighted by atomic mass is 9.97. The van der Waals surface area contributed by atoms with Crippen molar-refractivity contribution in [2.75, 3.05) is 18.4 Å². The third kappa shape index (κ3) is 3.97.